The Hall–Kier alpha value is -0.0400. The van der Waals surface area contributed by atoms with Gasteiger partial charge in [0.15, 0.2) is 0 Å². The molecule has 1 aliphatic heterocycles. The highest BCUT2D eigenvalue weighted by Crippen LogP contribution is 2.46. The van der Waals surface area contributed by atoms with Gasteiger partial charge in [-0.1, -0.05) is 19.8 Å². The summed E-state index contributed by atoms with van der Waals surface area (Å²) in [6.07, 6.45) is 8.94. The van der Waals surface area contributed by atoms with Gasteiger partial charge in [0.1, 0.15) is 0 Å². The molecule has 0 bridgehead atoms. The number of piperidine rings is 1. The van der Waals surface area contributed by atoms with Crippen LogP contribution in [0.5, 0.6) is 0 Å². The largest absolute Gasteiger partial charge is 0.306 e. The number of rotatable bonds is 0. The third kappa shape index (κ3) is 2.07. The zero-order valence-electron chi connectivity index (χ0n) is 9.18. The molecule has 2 fully saturated rings. The van der Waals surface area contributed by atoms with E-state index in [1.165, 1.54) is 51.6 Å². The van der Waals surface area contributed by atoms with E-state index in [9.17, 15) is 0 Å². The molecule has 1 heterocycles. The lowest BCUT2D eigenvalue weighted by Crippen LogP contribution is -2.40. The average Bonchev–Trinajstić information content (AvgIpc) is 2.11. The lowest BCUT2D eigenvalue weighted by molar-refractivity contribution is 0.0594. The van der Waals surface area contributed by atoms with E-state index in [-0.39, 0.29) is 0 Å². The molecular formula is C12H23N. The second-order valence-electron chi connectivity index (χ2n) is 5.50. The van der Waals surface area contributed by atoms with Crippen molar-refractivity contribution in [1.29, 1.82) is 0 Å². The summed E-state index contributed by atoms with van der Waals surface area (Å²) >= 11 is 0. The van der Waals surface area contributed by atoms with E-state index in [0.29, 0.717) is 0 Å². The van der Waals surface area contributed by atoms with Crippen molar-refractivity contribution in [2.45, 2.75) is 45.4 Å². The number of hydrogen-bond donors (Lipinski definition) is 0. The van der Waals surface area contributed by atoms with E-state index < -0.39 is 0 Å². The van der Waals surface area contributed by atoms with Crippen LogP contribution in [0.4, 0.5) is 0 Å². The van der Waals surface area contributed by atoms with E-state index in [0.717, 1.165) is 11.3 Å². The van der Waals surface area contributed by atoms with E-state index in [2.05, 4.69) is 18.9 Å². The molecule has 1 unspecified atom stereocenters. The molecule has 1 atom stereocenters. The van der Waals surface area contributed by atoms with Crippen molar-refractivity contribution in [1.82, 2.24) is 4.90 Å². The molecule has 0 aromatic carbocycles. The molecule has 1 saturated heterocycles. The van der Waals surface area contributed by atoms with Crippen LogP contribution in [0.25, 0.3) is 0 Å². The van der Waals surface area contributed by atoms with E-state index in [1.807, 2.05) is 0 Å². The summed E-state index contributed by atoms with van der Waals surface area (Å²) in [7, 11) is 2.26. The van der Waals surface area contributed by atoms with Crippen LogP contribution < -0.4 is 0 Å². The van der Waals surface area contributed by atoms with Gasteiger partial charge in [0, 0.05) is 0 Å². The first-order valence-corrected chi connectivity index (χ1v) is 5.89. The highest BCUT2D eigenvalue weighted by Gasteiger charge is 2.36. The fraction of sp³-hybridized carbons (Fsp3) is 1.00. The van der Waals surface area contributed by atoms with Crippen molar-refractivity contribution in [3.8, 4) is 0 Å². The van der Waals surface area contributed by atoms with Crippen LogP contribution >= 0.6 is 0 Å². The van der Waals surface area contributed by atoms with Crippen molar-refractivity contribution >= 4 is 0 Å². The second kappa shape index (κ2) is 3.61. The maximum absolute atomic E-state index is 2.49. The summed E-state index contributed by atoms with van der Waals surface area (Å²) in [6, 6.07) is 0. The predicted molar refractivity (Wildman–Crippen MR) is 56.8 cm³/mol. The molecule has 76 valence electrons. The second-order valence-corrected chi connectivity index (χ2v) is 5.50. The fourth-order valence-corrected chi connectivity index (χ4v) is 3.32. The van der Waals surface area contributed by atoms with Crippen LogP contribution in [0.3, 0.4) is 0 Å². The number of likely N-dealkylation sites (tertiary alicyclic amines) is 1. The van der Waals surface area contributed by atoms with E-state index >= 15 is 0 Å². The molecule has 1 nitrogen and oxygen atoms in total. The summed E-state index contributed by atoms with van der Waals surface area (Å²) in [5, 5.41) is 0. The van der Waals surface area contributed by atoms with Crippen molar-refractivity contribution in [2.75, 3.05) is 20.1 Å². The van der Waals surface area contributed by atoms with Crippen LogP contribution in [0.1, 0.15) is 45.4 Å². The highest BCUT2D eigenvalue weighted by atomic mass is 15.1. The van der Waals surface area contributed by atoms with Crippen LogP contribution in [0.15, 0.2) is 0 Å². The van der Waals surface area contributed by atoms with E-state index in [4.69, 9.17) is 0 Å². The first kappa shape index (κ1) is 9.51. The summed E-state index contributed by atoms with van der Waals surface area (Å²) in [4.78, 5) is 2.49. The Bertz CT molecular complexity index is 168. The van der Waals surface area contributed by atoms with Crippen LogP contribution in [-0.4, -0.2) is 25.0 Å². The average molecular weight is 181 g/mol. The van der Waals surface area contributed by atoms with Gasteiger partial charge in [-0.05, 0) is 57.2 Å². The summed E-state index contributed by atoms with van der Waals surface area (Å²) in [6.45, 7) is 5.12. The first-order chi connectivity index (χ1) is 6.20. The number of hydrogen-bond acceptors (Lipinski definition) is 1. The van der Waals surface area contributed by atoms with Gasteiger partial charge in [0.05, 0.1) is 0 Å². The Morgan fingerprint density at radius 3 is 2.46 bits per heavy atom. The van der Waals surface area contributed by atoms with Gasteiger partial charge in [0.25, 0.3) is 0 Å². The van der Waals surface area contributed by atoms with Gasteiger partial charge in [-0.15, -0.1) is 0 Å². The van der Waals surface area contributed by atoms with Crippen molar-refractivity contribution in [3.63, 3.8) is 0 Å². The number of nitrogens with zero attached hydrogens (tertiary/aromatic N) is 1. The van der Waals surface area contributed by atoms with Crippen molar-refractivity contribution < 1.29 is 0 Å². The van der Waals surface area contributed by atoms with Crippen LogP contribution in [0, 0.1) is 11.3 Å². The molecule has 0 radical (unpaired) electrons. The van der Waals surface area contributed by atoms with Crippen LogP contribution in [-0.2, 0) is 0 Å². The highest BCUT2D eigenvalue weighted by molar-refractivity contribution is 4.89. The molecule has 1 heteroatoms. The summed E-state index contributed by atoms with van der Waals surface area (Å²) in [5.41, 5.74) is 0.768. The molecule has 0 aromatic rings. The Morgan fingerprint density at radius 1 is 1.15 bits per heavy atom. The normalized spacial score (nSPS) is 35.1. The van der Waals surface area contributed by atoms with Gasteiger partial charge in [-0.2, -0.15) is 0 Å². The van der Waals surface area contributed by atoms with Crippen molar-refractivity contribution in [3.05, 3.63) is 0 Å². The Balaban J connectivity index is 1.95. The molecule has 0 aromatic heterocycles. The predicted octanol–water partition coefficient (Wildman–Crippen LogP) is 2.91. The summed E-state index contributed by atoms with van der Waals surface area (Å²) < 4.78 is 0. The van der Waals surface area contributed by atoms with E-state index in [1.54, 1.807) is 0 Å². The van der Waals surface area contributed by atoms with Gasteiger partial charge >= 0.3 is 0 Å². The smallest absolute Gasteiger partial charge is 0.00165 e. The lowest BCUT2D eigenvalue weighted by atomic mass is 9.65. The molecule has 1 spiro atoms. The minimum absolute atomic E-state index is 0.768. The fourth-order valence-electron chi connectivity index (χ4n) is 3.32. The quantitative estimate of drug-likeness (QED) is 0.555. The molecule has 2 rings (SSSR count). The Morgan fingerprint density at radius 2 is 1.85 bits per heavy atom. The molecule has 0 N–H and O–H groups in total. The van der Waals surface area contributed by atoms with Crippen molar-refractivity contribution in [2.24, 2.45) is 11.3 Å². The third-order valence-corrected chi connectivity index (χ3v) is 4.23. The minimum Gasteiger partial charge on any atom is -0.306 e. The third-order valence-electron chi connectivity index (χ3n) is 4.23. The molecule has 13 heavy (non-hydrogen) atoms. The Labute approximate surface area is 82.5 Å². The first-order valence-electron chi connectivity index (χ1n) is 5.89. The molecule has 1 saturated carbocycles. The molecule has 1 aliphatic carbocycles. The van der Waals surface area contributed by atoms with Gasteiger partial charge < -0.3 is 4.90 Å². The maximum atomic E-state index is 2.49. The topological polar surface area (TPSA) is 3.24 Å². The van der Waals surface area contributed by atoms with Gasteiger partial charge in [-0.25, -0.2) is 0 Å². The Kier molecular flexibility index (Phi) is 2.64. The molecular weight excluding hydrogens is 158 g/mol. The van der Waals surface area contributed by atoms with Gasteiger partial charge in [0.2, 0.25) is 0 Å². The standard InChI is InChI=1S/C12H23N/c1-11-4-3-5-12(10-11)6-8-13(2)9-7-12/h11H,3-10H2,1-2H3. The molecule has 0 amide bonds. The monoisotopic (exact) mass is 181 g/mol. The zero-order valence-corrected chi connectivity index (χ0v) is 9.18. The maximum Gasteiger partial charge on any atom is -0.00165 e. The van der Waals surface area contributed by atoms with Gasteiger partial charge in [-0.3, -0.25) is 0 Å². The molecule has 2 aliphatic rings. The minimum atomic E-state index is 0.768. The summed E-state index contributed by atoms with van der Waals surface area (Å²) in [5.74, 6) is 0.997. The zero-order chi connectivity index (χ0) is 9.31. The van der Waals surface area contributed by atoms with Crippen LogP contribution in [0.2, 0.25) is 0 Å². The SMILES string of the molecule is CC1CCCC2(CCN(C)CC2)C1. The lowest BCUT2D eigenvalue weighted by Gasteiger charge is -2.45.